The van der Waals surface area contributed by atoms with Crippen molar-refractivity contribution in [3.8, 4) is 0 Å². The molecule has 1 aromatic rings. The Morgan fingerprint density at radius 2 is 1.61 bits per heavy atom. The molecule has 0 aromatic heterocycles. The number of hydrogen-bond acceptors (Lipinski definition) is 3. The Morgan fingerprint density at radius 1 is 1.04 bits per heavy atom. The zero-order chi connectivity index (χ0) is 16.4. The summed E-state index contributed by atoms with van der Waals surface area (Å²) in [5.74, 6) is 0. The predicted molar refractivity (Wildman–Crippen MR) is 88.9 cm³/mol. The molecule has 2 saturated heterocycles. The maximum atomic E-state index is 12.7. The van der Waals surface area contributed by atoms with Crippen molar-refractivity contribution in [1.29, 1.82) is 0 Å². The maximum Gasteiger partial charge on any atom is 0.243 e. The summed E-state index contributed by atoms with van der Waals surface area (Å²) >= 11 is 0. The van der Waals surface area contributed by atoms with E-state index < -0.39 is 10.0 Å². The largest absolute Gasteiger partial charge is 0.364 e. The number of nitrogens with one attached hydrogen (secondary N) is 1. The number of morpholine rings is 1. The molecule has 0 amide bonds. The highest BCUT2D eigenvalue weighted by Gasteiger charge is 2.36. The van der Waals surface area contributed by atoms with E-state index in [1.807, 2.05) is 6.07 Å². The van der Waals surface area contributed by atoms with Gasteiger partial charge < -0.3 is 9.64 Å². The van der Waals surface area contributed by atoms with E-state index in [4.69, 9.17) is 4.74 Å². The van der Waals surface area contributed by atoms with Crippen LogP contribution in [0.2, 0.25) is 0 Å². The van der Waals surface area contributed by atoms with Crippen LogP contribution >= 0.6 is 0 Å². The number of benzene rings is 1. The predicted octanol–water partition coefficient (Wildman–Crippen LogP) is 0.532. The summed E-state index contributed by atoms with van der Waals surface area (Å²) in [5.41, 5.74) is 0. The Bertz CT molecular complexity index is 602. The molecular weight excluding hydrogens is 312 g/mol. The van der Waals surface area contributed by atoms with Crippen molar-refractivity contribution in [2.75, 3.05) is 26.2 Å². The monoisotopic (exact) mass is 339 g/mol. The lowest BCUT2D eigenvalue weighted by atomic mass is 10.0. The van der Waals surface area contributed by atoms with E-state index in [-0.39, 0.29) is 0 Å². The van der Waals surface area contributed by atoms with Crippen LogP contribution in [0.3, 0.4) is 0 Å². The number of nitrogens with zero attached hydrogens (tertiary/aromatic N) is 1. The van der Waals surface area contributed by atoms with E-state index in [2.05, 4.69) is 13.8 Å². The molecule has 6 heteroatoms. The normalized spacial score (nSPS) is 31.1. The first-order valence-electron chi connectivity index (χ1n) is 8.52. The first-order valence-corrected chi connectivity index (χ1v) is 9.96. The van der Waals surface area contributed by atoms with Crippen LogP contribution in [-0.2, 0) is 14.8 Å². The number of piperidine rings is 1. The van der Waals surface area contributed by atoms with Crippen molar-refractivity contribution in [3.63, 3.8) is 0 Å². The van der Waals surface area contributed by atoms with Gasteiger partial charge in [-0.3, -0.25) is 0 Å². The van der Waals surface area contributed by atoms with E-state index in [1.165, 1.54) is 0 Å². The molecule has 0 bridgehead atoms. The Labute approximate surface area is 139 Å². The second kappa shape index (κ2) is 6.89. The Kier molecular flexibility index (Phi) is 5.06. The summed E-state index contributed by atoms with van der Waals surface area (Å²) in [7, 11) is -3.34. The third kappa shape index (κ3) is 3.76. The first-order chi connectivity index (χ1) is 11.0. The zero-order valence-corrected chi connectivity index (χ0v) is 14.8. The van der Waals surface area contributed by atoms with Crippen LogP contribution in [0.4, 0.5) is 0 Å². The van der Waals surface area contributed by atoms with E-state index in [0.29, 0.717) is 36.2 Å². The summed E-state index contributed by atoms with van der Waals surface area (Å²) in [4.78, 5) is 1.98. The fourth-order valence-electron chi connectivity index (χ4n) is 3.89. The minimum absolute atomic E-state index is 0.292. The van der Waals surface area contributed by atoms with Crippen molar-refractivity contribution in [1.82, 2.24) is 4.31 Å². The molecule has 2 fully saturated rings. The van der Waals surface area contributed by atoms with E-state index in [1.54, 1.807) is 33.5 Å². The van der Waals surface area contributed by atoms with Crippen LogP contribution in [0, 0.1) is 0 Å². The number of quaternary nitrogens is 1. The van der Waals surface area contributed by atoms with Gasteiger partial charge in [0.25, 0.3) is 0 Å². The van der Waals surface area contributed by atoms with Gasteiger partial charge in [-0.2, -0.15) is 4.31 Å². The molecule has 2 aliphatic heterocycles. The van der Waals surface area contributed by atoms with Gasteiger partial charge in [0.15, 0.2) is 0 Å². The van der Waals surface area contributed by atoms with Gasteiger partial charge in [0, 0.05) is 25.9 Å². The molecule has 23 heavy (non-hydrogen) atoms. The van der Waals surface area contributed by atoms with Gasteiger partial charge >= 0.3 is 0 Å². The molecule has 0 aliphatic carbocycles. The molecule has 0 spiro atoms. The lowest BCUT2D eigenvalue weighted by Gasteiger charge is -2.40. The van der Waals surface area contributed by atoms with E-state index in [0.717, 1.165) is 25.9 Å². The summed E-state index contributed by atoms with van der Waals surface area (Å²) < 4.78 is 32.8. The third-order valence-corrected chi connectivity index (χ3v) is 6.89. The molecule has 2 aliphatic rings. The highest BCUT2D eigenvalue weighted by Crippen LogP contribution is 2.20. The van der Waals surface area contributed by atoms with Crippen LogP contribution in [0.1, 0.15) is 26.7 Å². The summed E-state index contributed by atoms with van der Waals surface area (Å²) in [6, 6.07) is 9.30. The average molecular weight is 339 g/mol. The molecule has 1 aromatic carbocycles. The molecule has 0 radical (unpaired) electrons. The van der Waals surface area contributed by atoms with Gasteiger partial charge in [0.05, 0.1) is 10.9 Å². The number of hydrogen-bond donors (Lipinski definition) is 1. The van der Waals surface area contributed by atoms with Crippen molar-refractivity contribution in [3.05, 3.63) is 30.3 Å². The highest BCUT2D eigenvalue weighted by atomic mass is 32.2. The van der Waals surface area contributed by atoms with Crippen molar-refractivity contribution < 1.29 is 18.1 Å². The zero-order valence-electron chi connectivity index (χ0n) is 13.9. The standard InChI is InChI=1S/C17H26N2O3S/c1-14-12-18(13-15(2)22-14)16-8-10-19(11-9-16)23(20,21)17-6-4-3-5-7-17/h3-7,14-16H,8-13H2,1-2H3/p+1/t14-,15-/m0/s1. The van der Waals surface area contributed by atoms with Crippen LogP contribution in [-0.4, -0.2) is 57.2 Å². The summed E-state index contributed by atoms with van der Waals surface area (Å²) in [6.45, 7) is 7.56. The van der Waals surface area contributed by atoms with Crippen LogP contribution in [0.5, 0.6) is 0 Å². The Morgan fingerprint density at radius 3 is 2.17 bits per heavy atom. The molecule has 0 unspecified atom stereocenters. The van der Waals surface area contributed by atoms with Crippen molar-refractivity contribution in [2.45, 2.75) is 49.8 Å². The van der Waals surface area contributed by atoms with Gasteiger partial charge in [-0.25, -0.2) is 8.42 Å². The first kappa shape index (κ1) is 16.9. The van der Waals surface area contributed by atoms with Crippen LogP contribution in [0.15, 0.2) is 35.2 Å². The second-order valence-corrected chi connectivity index (χ2v) is 8.75. The Hall–Kier alpha value is -0.950. The fraction of sp³-hybridized carbons (Fsp3) is 0.647. The lowest BCUT2D eigenvalue weighted by Crippen LogP contribution is -3.19. The molecule has 3 rings (SSSR count). The minimum atomic E-state index is -3.34. The average Bonchev–Trinajstić information content (AvgIpc) is 2.55. The molecular formula is C17H27N2O3S+. The highest BCUT2D eigenvalue weighted by molar-refractivity contribution is 7.89. The quantitative estimate of drug-likeness (QED) is 0.874. The topological polar surface area (TPSA) is 51.0 Å². The van der Waals surface area contributed by atoms with Gasteiger partial charge in [0.1, 0.15) is 25.3 Å². The lowest BCUT2D eigenvalue weighted by molar-refractivity contribution is -0.940. The molecule has 5 nitrogen and oxygen atoms in total. The third-order valence-electron chi connectivity index (χ3n) is 4.98. The number of ether oxygens (including phenoxy) is 1. The second-order valence-electron chi connectivity index (χ2n) is 6.82. The molecule has 2 heterocycles. The minimum Gasteiger partial charge on any atom is -0.364 e. The number of rotatable bonds is 3. The molecule has 2 atom stereocenters. The molecule has 1 N–H and O–H groups in total. The van der Waals surface area contributed by atoms with Crippen LogP contribution in [0.25, 0.3) is 0 Å². The van der Waals surface area contributed by atoms with Crippen LogP contribution < -0.4 is 4.90 Å². The SMILES string of the molecule is C[C@H]1C[NH+](C2CCN(S(=O)(=O)c3ccccc3)CC2)C[C@H](C)O1. The van der Waals surface area contributed by atoms with Gasteiger partial charge in [-0.1, -0.05) is 18.2 Å². The fourth-order valence-corrected chi connectivity index (χ4v) is 5.38. The van der Waals surface area contributed by atoms with Crippen molar-refractivity contribution >= 4 is 10.0 Å². The smallest absolute Gasteiger partial charge is 0.243 e. The molecule has 0 saturated carbocycles. The van der Waals surface area contributed by atoms with Gasteiger partial charge in [0.2, 0.25) is 10.0 Å². The summed E-state index contributed by atoms with van der Waals surface area (Å²) in [5, 5.41) is 0. The number of sulfonamides is 1. The van der Waals surface area contributed by atoms with Gasteiger partial charge in [-0.05, 0) is 26.0 Å². The van der Waals surface area contributed by atoms with E-state index in [9.17, 15) is 8.42 Å². The van der Waals surface area contributed by atoms with Gasteiger partial charge in [-0.15, -0.1) is 0 Å². The summed E-state index contributed by atoms with van der Waals surface area (Å²) in [6.07, 6.45) is 2.45. The molecule has 128 valence electrons. The maximum absolute atomic E-state index is 12.7. The van der Waals surface area contributed by atoms with Crippen molar-refractivity contribution in [2.24, 2.45) is 0 Å². The Balaban J connectivity index is 1.62. The van der Waals surface area contributed by atoms with E-state index >= 15 is 0 Å².